The average Bonchev–Trinajstić information content (AvgIpc) is 2.60. The molecule has 0 aromatic rings. The van der Waals surface area contributed by atoms with Gasteiger partial charge >= 0.3 is 0 Å². The Bertz CT molecular complexity index is 393. The van der Waals surface area contributed by atoms with Crippen molar-refractivity contribution in [3.8, 4) is 0 Å². The van der Waals surface area contributed by atoms with Crippen molar-refractivity contribution in [1.29, 1.82) is 0 Å². The smallest absolute Gasteiger partial charge is 0.0195 e. The molecule has 0 heterocycles. The van der Waals surface area contributed by atoms with E-state index >= 15 is 0 Å². The van der Waals surface area contributed by atoms with Gasteiger partial charge in [-0.1, -0.05) is 52.0 Å². The Labute approximate surface area is 171 Å². The molecule has 0 N–H and O–H groups in total. The van der Waals surface area contributed by atoms with Gasteiger partial charge < -0.3 is 0 Å². The number of unbranched alkanes of at least 4 members (excludes halogenated alkanes) is 4. The maximum absolute atomic E-state index is 3.97. The van der Waals surface area contributed by atoms with Crippen molar-refractivity contribution in [2.45, 2.75) is 105 Å². The highest BCUT2D eigenvalue weighted by Gasteiger charge is 2.52. The number of hydrogen-bond acceptors (Lipinski definition) is 0. The molecule has 0 radical (unpaired) electrons. The van der Waals surface area contributed by atoms with Crippen LogP contribution < -0.4 is 0 Å². The van der Waals surface area contributed by atoms with Crippen LogP contribution in [0.4, 0.5) is 0 Å². The van der Waals surface area contributed by atoms with Crippen LogP contribution >= 0.6 is 0 Å². The standard InChI is InChI=1S/C27H48/c1-9-13-17-21-25(5,6)27(23-19-15-11-3,24-20-16-12-4)26(7,8)22-18-14-10-2/h9-12H,1-4,13-24H2,5-8H3. The Morgan fingerprint density at radius 1 is 0.481 bits per heavy atom. The van der Waals surface area contributed by atoms with Gasteiger partial charge in [0.25, 0.3) is 0 Å². The molecule has 0 saturated heterocycles. The molecule has 0 nitrogen and oxygen atoms in total. The van der Waals surface area contributed by atoms with Crippen LogP contribution in [0.15, 0.2) is 50.6 Å². The minimum absolute atomic E-state index is 0.302. The van der Waals surface area contributed by atoms with E-state index in [4.69, 9.17) is 0 Å². The Kier molecular flexibility index (Phi) is 12.7. The van der Waals surface area contributed by atoms with Crippen LogP contribution in [-0.4, -0.2) is 0 Å². The minimum atomic E-state index is 0.302. The zero-order valence-electron chi connectivity index (χ0n) is 19.1. The lowest BCUT2D eigenvalue weighted by Crippen LogP contribution is -2.49. The predicted molar refractivity (Wildman–Crippen MR) is 126 cm³/mol. The molecule has 0 aromatic carbocycles. The van der Waals surface area contributed by atoms with Crippen molar-refractivity contribution in [2.75, 3.05) is 0 Å². The van der Waals surface area contributed by atoms with Crippen LogP contribution in [0, 0.1) is 16.2 Å². The third kappa shape index (κ3) is 7.84. The van der Waals surface area contributed by atoms with Crippen LogP contribution in [0.5, 0.6) is 0 Å². The van der Waals surface area contributed by atoms with Crippen molar-refractivity contribution in [3.63, 3.8) is 0 Å². The maximum atomic E-state index is 3.97. The highest BCUT2D eigenvalue weighted by Crippen LogP contribution is 2.61. The first-order valence-corrected chi connectivity index (χ1v) is 11.2. The Balaban J connectivity index is 5.85. The molecule has 0 aromatic heterocycles. The average molecular weight is 373 g/mol. The molecule has 0 aliphatic carbocycles. The summed E-state index contributed by atoms with van der Waals surface area (Å²) in [7, 11) is 0. The second-order valence-electron chi connectivity index (χ2n) is 9.57. The largest absolute Gasteiger partial charge is 0.103 e. The Morgan fingerprint density at radius 3 is 1.00 bits per heavy atom. The van der Waals surface area contributed by atoms with E-state index in [1.165, 1.54) is 51.4 Å². The first kappa shape index (κ1) is 26.0. The number of rotatable bonds is 18. The monoisotopic (exact) mass is 372 g/mol. The van der Waals surface area contributed by atoms with E-state index in [0.29, 0.717) is 16.2 Å². The van der Waals surface area contributed by atoms with E-state index in [0.717, 1.165) is 25.7 Å². The van der Waals surface area contributed by atoms with Gasteiger partial charge in [0, 0.05) is 0 Å². The topological polar surface area (TPSA) is 0 Å². The molecule has 0 rings (SSSR count). The highest BCUT2D eigenvalue weighted by atomic mass is 14.6. The summed E-state index contributed by atoms with van der Waals surface area (Å²) in [5.74, 6) is 0. The molecular weight excluding hydrogens is 324 g/mol. The second-order valence-corrected chi connectivity index (χ2v) is 9.57. The molecule has 0 heteroatoms. The second kappa shape index (κ2) is 13.2. The third-order valence-corrected chi connectivity index (χ3v) is 7.03. The summed E-state index contributed by atoms with van der Waals surface area (Å²) in [6.45, 7) is 25.9. The lowest BCUT2D eigenvalue weighted by Gasteiger charge is -2.58. The molecule has 156 valence electrons. The highest BCUT2D eigenvalue weighted by molar-refractivity contribution is 5.02. The van der Waals surface area contributed by atoms with Crippen LogP contribution in [0.1, 0.15) is 105 Å². The zero-order valence-corrected chi connectivity index (χ0v) is 19.1. The molecule has 0 bridgehead atoms. The van der Waals surface area contributed by atoms with Crippen molar-refractivity contribution in [2.24, 2.45) is 16.2 Å². The summed E-state index contributed by atoms with van der Waals surface area (Å²) in [4.78, 5) is 0. The molecule has 0 aliphatic heterocycles. The summed E-state index contributed by atoms with van der Waals surface area (Å²) in [6.07, 6.45) is 22.9. The van der Waals surface area contributed by atoms with E-state index in [9.17, 15) is 0 Å². The normalized spacial score (nSPS) is 12.6. The van der Waals surface area contributed by atoms with Crippen LogP contribution in [0.3, 0.4) is 0 Å². The van der Waals surface area contributed by atoms with Crippen LogP contribution in [0.25, 0.3) is 0 Å². The summed E-state index contributed by atoms with van der Waals surface area (Å²) in [5, 5.41) is 0. The quantitative estimate of drug-likeness (QED) is 0.166. The fraction of sp³-hybridized carbons (Fsp3) is 0.704. The van der Waals surface area contributed by atoms with Crippen LogP contribution in [-0.2, 0) is 0 Å². The SMILES string of the molecule is C=CCCCC(C)(C)C(CCCC=C)(CCCC=C)C(C)(C)CCCC=C. The maximum Gasteiger partial charge on any atom is -0.0195 e. The van der Waals surface area contributed by atoms with E-state index < -0.39 is 0 Å². The van der Waals surface area contributed by atoms with E-state index in [2.05, 4.69) is 78.3 Å². The van der Waals surface area contributed by atoms with E-state index in [1.807, 2.05) is 0 Å². The van der Waals surface area contributed by atoms with Gasteiger partial charge in [-0.3, -0.25) is 0 Å². The fourth-order valence-corrected chi connectivity index (χ4v) is 5.35. The number of allylic oxidation sites excluding steroid dienone is 4. The molecule has 27 heavy (non-hydrogen) atoms. The summed E-state index contributed by atoms with van der Waals surface area (Å²) < 4.78 is 0. The predicted octanol–water partition coefficient (Wildman–Crippen LogP) is 9.45. The molecule has 0 fully saturated rings. The van der Waals surface area contributed by atoms with Gasteiger partial charge in [-0.2, -0.15) is 0 Å². The Morgan fingerprint density at radius 2 is 0.741 bits per heavy atom. The molecule has 0 spiro atoms. The van der Waals surface area contributed by atoms with Crippen molar-refractivity contribution >= 4 is 0 Å². The third-order valence-electron chi connectivity index (χ3n) is 7.03. The first-order chi connectivity index (χ1) is 12.7. The zero-order chi connectivity index (χ0) is 20.8. The fourth-order valence-electron chi connectivity index (χ4n) is 5.35. The van der Waals surface area contributed by atoms with Crippen molar-refractivity contribution in [1.82, 2.24) is 0 Å². The molecule has 0 aliphatic rings. The summed E-state index contributed by atoms with van der Waals surface area (Å²) in [5.41, 5.74) is 0.931. The van der Waals surface area contributed by atoms with Gasteiger partial charge in [0.2, 0.25) is 0 Å². The lowest BCUT2D eigenvalue weighted by molar-refractivity contribution is -0.0815. The van der Waals surface area contributed by atoms with Crippen molar-refractivity contribution in [3.05, 3.63) is 50.6 Å². The van der Waals surface area contributed by atoms with E-state index in [1.54, 1.807) is 0 Å². The lowest BCUT2D eigenvalue weighted by atomic mass is 9.47. The molecule has 0 atom stereocenters. The van der Waals surface area contributed by atoms with Gasteiger partial charge in [-0.05, 0) is 93.3 Å². The first-order valence-electron chi connectivity index (χ1n) is 11.2. The Hall–Kier alpha value is -1.04. The molecule has 0 amide bonds. The molecular formula is C27H48. The molecule has 0 saturated carbocycles. The molecule has 0 unspecified atom stereocenters. The van der Waals surface area contributed by atoms with Gasteiger partial charge in [0.1, 0.15) is 0 Å². The summed E-state index contributed by atoms with van der Waals surface area (Å²) >= 11 is 0. The van der Waals surface area contributed by atoms with Gasteiger partial charge in [-0.15, -0.1) is 26.3 Å². The van der Waals surface area contributed by atoms with Gasteiger partial charge in [-0.25, -0.2) is 0 Å². The number of hydrogen-bond donors (Lipinski definition) is 0. The van der Waals surface area contributed by atoms with Gasteiger partial charge in [0.15, 0.2) is 0 Å². The summed E-state index contributed by atoms with van der Waals surface area (Å²) in [6, 6.07) is 0. The van der Waals surface area contributed by atoms with Gasteiger partial charge in [0.05, 0.1) is 0 Å². The minimum Gasteiger partial charge on any atom is -0.103 e. The van der Waals surface area contributed by atoms with Crippen LogP contribution in [0.2, 0.25) is 0 Å². The van der Waals surface area contributed by atoms with E-state index in [-0.39, 0.29) is 0 Å². The van der Waals surface area contributed by atoms with Crippen molar-refractivity contribution < 1.29 is 0 Å².